The van der Waals surface area contributed by atoms with Crippen molar-refractivity contribution in [1.82, 2.24) is 20.2 Å². The summed E-state index contributed by atoms with van der Waals surface area (Å²) >= 11 is 0. The maximum atomic E-state index is 10.9. The third kappa shape index (κ3) is 3.75. The van der Waals surface area contributed by atoms with E-state index in [4.69, 9.17) is 5.11 Å². The van der Waals surface area contributed by atoms with E-state index in [-0.39, 0.29) is 12.5 Å². The number of carboxylic acid groups (broad SMARTS) is 1. The van der Waals surface area contributed by atoms with E-state index < -0.39 is 5.97 Å². The first-order valence-corrected chi connectivity index (χ1v) is 7.19. The van der Waals surface area contributed by atoms with Crippen LogP contribution in [0.5, 0.6) is 0 Å². The fourth-order valence-electron chi connectivity index (χ4n) is 2.90. The molecule has 1 fully saturated rings. The number of tetrazole rings is 1. The molecule has 0 aliphatic heterocycles. The Bertz CT molecular complexity index is 413. The van der Waals surface area contributed by atoms with Crippen molar-refractivity contribution >= 4 is 5.97 Å². The lowest BCUT2D eigenvalue weighted by Gasteiger charge is -2.15. The second kappa shape index (κ2) is 6.63. The third-order valence-corrected chi connectivity index (χ3v) is 4.04. The van der Waals surface area contributed by atoms with Crippen molar-refractivity contribution in [3.05, 3.63) is 5.82 Å². The lowest BCUT2D eigenvalue weighted by atomic mass is 10.0. The predicted molar refractivity (Wildman–Crippen MR) is 69.7 cm³/mol. The van der Waals surface area contributed by atoms with Gasteiger partial charge in [-0.25, -0.2) is 4.68 Å². The number of hydrogen-bond donors (Lipinski definition) is 1. The van der Waals surface area contributed by atoms with Gasteiger partial charge >= 0.3 is 5.97 Å². The molecule has 1 aliphatic rings. The molecule has 2 rings (SSSR count). The van der Waals surface area contributed by atoms with E-state index in [1.54, 1.807) is 4.68 Å². The summed E-state index contributed by atoms with van der Waals surface area (Å²) in [5.41, 5.74) is 0. The second-order valence-electron chi connectivity index (χ2n) is 5.39. The molecule has 0 radical (unpaired) electrons. The zero-order chi connectivity index (χ0) is 13.7. The minimum Gasteiger partial charge on any atom is -0.481 e. The van der Waals surface area contributed by atoms with Gasteiger partial charge in [0, 0.05) is 6.42 Å². The topological polar surface area (TPSA) is 80.9 Å². The molecule has 1 aromatic rings. The van der Waals surface area contributed by atoms with Gasteiger partial charge < -0.3 is 5.11 Å². The first-order chi connectivity index (χ1) is 9.20. The van der Waals surface area contributed by atoms with Gasteiger partial charge in [-0.05, 0) is 29.2 Å². The number of hydrogen-bond acceptors (Lipinski definition) is 4. The summed E-state index contributed by atoms with van der Waals surface area (Å²) in [6.07, 6.45) is 8.09. The zero-order valence-corrected chi connectivity index (χ0v) is 11.5. The molecular weight excluding hydrogens is 244 g/mol. The summed E-state index contributed by atoms with van der Waals surface area (Å²) in [6, 6.07) is -0.133. The summed E-state index contributed by atoms with van der Waals surface area (Å²) in [7, 11) is 0. The Morgan fingerprint density at radius 2 is 2.21 bits per heavy atom. The van der Waals surface area contributed by atoms with Crippen LogP contribution >= 0.6 is 0 Å². The van der Waals surface area contributed by atoms with Crippen molar-refractivity contribution < 1.29 is 9.90 Å². The first kappa shape index (κ1) is 14.0. The molecule has 0 spiro atoms. The number of aromatic nitrogens is 4. The van der Waals surface area contributed by atoms with E-state index in [0.717, 1.165) is 31.0 Å². The maximum Gasteiger partial charge on any atom is 0.305 e. The van der Waals surface area contributed by atoms with Crippen LogP contribution in [0.15, 0.2) is 0 Å². The summed E-state index contributed by atoms with van der Waals surface area (Å²) in [5.74, 6) is 0.828. The minimum absolute atomic E-state index is 0.0813. The molecule has 1 saturated carbocycles. The number of carboxylic acids is 1. The molecule has 0 aromatic carbocycles. The van der Waals surface area contributed by atoms with Crippen molar-refractivity contribution in [3.8, 4) is 0 Å². The second-order valence-corrected chi connectivity index (χ2v) is 5.39. The van der Waals surface area contributed by atoms with Gasteiger partial charge in [-0.15, -0.1) is 5.10 Å². The quantitative estimate of drug-likeness (QED) is 0.818. The van der Waals surface area contributed by atoms with Crippen LogP contribution in [-0.4, -0.2) is 31.3 Å². The monoisotopic (exact) mass is 266 g/mol. The van der Waals surface area contributed by atoms with Crippen LogP contribution in [0.25, 0.3) is 0 Å². The summed E-state index contributed by atoms with van der Waals surface area (Å²) in [5, 5.41) is 20.7. The number of aryl methyl sites for hydroxylation is 1. The lowest BCUT2D eigenvalue weighted by molar-refractivity contribution is -0.138. The predicted octanol–water partition coefficient (Wildman–Crippen LogP) is 2.22. The van der Waals surface area contributed by atoms with Crippen molar-refractivity contribution in [2.75, 3.05) is 0 Å². The molecule has 19 heavy (non-hydrogen) atoms. The van der Waals surface area contributed by atoms with E-state index in [1.165, 1.54) is 25.7 Å². The van der Waals surface area contributed by atoms with Crippen LogP contribution in [0.4, 0.5) is 0 Å². The highest BCUT2D eigenvalue weighted by molar-refractivity contribution is 5.67. The summed E-state index contributed by atoms with van der Waals surface area (Å²) < 4.78 is 1.71. The molecule has 6 heteroatoms. The smallest absolute Gasteiger partial charge is 0.305 e. The Morgan fingerprint density at radius 3 is 2.84 bits per heavy atom. The normalized spacial score (nSPS) is 17.7. The van der Waals surface area contributed by atoms with E-state index in [9.17, 15) is 4.79 Å². The molecule has 1 atom stereocenters. The summed E-state index contributed by atoms with van der Waals surface area (Å²) in [4.78, 5) is 10.9. The molecule has 1 aromatic heterocycles. The number of rotatable bonds is 7. The molecule has 1 heterocycles. The van der Waals surface area contributed by atoms with Crippen molar-refractivity contribution in [3.63, 3.8) is 0 Å². The molecule has 6 nitrogen and oxygen atoms in total. The van der Waals surface area contributed by atoms with Gasteiger partial charge in [0.25, 0.3) is 0 Å². The number of nitrogens with zero attached hydrogens (tertiary/aromatic N) is 4. The molecule has 1 N–H and O–H groups in total. The van der Waals surface area contributed by atoms with Crippen LogP contribution < -0.4 is 0 Å². The Hall–Kier alpha value is -1.46. The van der Waals surface area contributed by atoms with Crippen molar-refractivity contribution in [2.24, 2.45) is 5.92 Å². The average molecular weight is 266 g/mol. The molecule has 0 bridgehead atoms. The third-order valence-electron chi connectivity index (χ3n) is 4.04. The van der Waals surface area contributed by atoms with E-state index in [0.29, 0.717) is 0 Å². The Morgan fingerprint density at radius 1 is 1.47 bits per heavy atom. The average Bonchev–Trinajstić information content (AvgIpc) is 3.04. The highest BCUT2D eigenvalue weighted by Gasteiger charge is 2.20. The van der Waals surface area contributed by atoms with Gasteiger partial charge in [0.1, 0.15) is 0 Å². The lowest BCUT2D eigenvalue weighted by Crippen LogP contribution is -2.17. The van der Waals surface area contributed by atoms with E-state index in [2.05, 4.69) is 15.5 Å². The molecule has 106 valence electrons. The largest absolute Gasteiger partial charge is 0.481 e. The van der Waals surface area contributed by atoms with Crippen LogP contribution in [0.1, 0.15) is 63.7 Å². The molecule has 0 saturated heterocycles. The van der Waals surface area contributed by atoms with Gasteiger partial charge in [-0.3, -0.25) is 4.79 Å². The Kier molecular flexibility index (Phi) is 4.87. The van der Waals surface area contributed by atoms with Gasteiger partial charge in [0.05, 0.1) is 12.5 Å². The van der Waals surface area contributed by atoms with Crippen LogP contribution in [-0.2, 0) is 11.2 Å². The van der Waals surface area contributed by atoms with E-state index >= 15 is 0 Å². The maximum absolute atomic E-state index is 10.9. The van der Waals surface area contributed by atoms with E-state index in [1.807, 2.05) is 6.92 Å². The zero-order valence-electron chi connectivity index (χ0n) is 11.5. The standard InChI is InChI=1S/C13H22N4O2/c1-2-11(9-13(18)19)17-12(14-15-16-17)8-7-10-5-3-4-6-10/h10-11H,2-9H2,1H3,(H,18,19). The van der Waals surface area contributed by atoms with Gasteiger partial charge in [0.15, 0.2) is 5.82 Å². The first-order valence-electron chi connectivity index (χ1n) is 7.19. The number of carbonyl (C=O) groups is 1. The van der Waals surface area contributed by atoms with Gasteiger partial charge in [-0.2, -0.15) is 0 Å². The molecule has 1 unspecified atom stereocenters. The molecule has 1 aliphatic carbocycles. The number of aliphatic carboxylic acids is 1. The van der Waals surface area contributed by atoms with Crippen molar-refractivity contribution in [2.45, 2.75) is 64.3 Å². The SMILES string of the molecule is CCC(CC(=O)O)n1nnnc1CCC1CCCC1. The van der Waals surface area contributed by atoms with Crippen molar-refractivity contribution in [1.29, 1.82) is 0 Å². The Balaban J connectivity index is 1.96. The highest BCUT2D eigenvalue weighted by atomic mass is 16.4. The Labute approximate surface area is 113 Å². The fourth-order valence-corrected chi connectivity index (χ4v) is 2.90. The van der Waals surface area contributed by atoms with Crippen LogP contribution in [0, 0.1) is 5.92 Å². The van der Waals surface area contributed by atoms with Gasteiger partial charge in [-0.1, -0.05) is 32.6 Å². The fraction of sp³-hybridized carbons (Fsp3) is 0.846. The van der Waals surface area contributed by atoms with Crippen LogP contribution in [0.2, 0.25) is 0 Å². The van der Waals surface area contributed by atoms with Gasteiger partial charge in [0.2, 0.25) is 0 Å². The highest BCUT2D eigenvalue weighted by Crippen LogP contribution is 2.28. The minimum atomic E-state index is -0.802. The van der Waals surface area contributed by atoms with Crippen LogP contribution in [0.3, 0.4) is 0 Å². The molecule has 0 amide bonds. The summed E-state index contributed by atoms with van der Waals surface area (Å²) in [6.45, 7) is 1.97. The molecular formula is C13H22N4O2.